The summed E-state index contributed by atoms with van der Waals surface area (Å²) >= 11 is 9.05. The zero-order valence-electron chi connectivity index (χ0n) is 9.15. The Morgan fingerprint density at radius 3 is 2.56 bits per heavy atom. The molecule has 0 radical (unpaired) electrons. The summed E-state index contributed by atoms with van der Waals surface area (Å²) in [5.41, 5.74) is 0.659. The van der Waals surface area contributed by atoms with Gasteiger partial charge in [0.2, 0.25) is 0 Å². The van der Waals surface area contributed by atoms with E-state index >= 15 is 0 Å². The molecule has 0 bridgehead atoms. The van der Waals surface area contributed by atoms with Gasteiger partial charge in [-0.25, -0.2) is 9.78 Å². The highest BCUT2D eigenvalue weighted by Gasteiger charge is 2.03. The Morgan fingerprint density at radius 2 is 1.89 bits per heavy atom. The number of nitrogens with one attached hydrogen (secondary N) is 2. The first-order chi connectivity index (χ1) is 8.63. The van der Waals surface area contributed by atoms with E-state index in [1.165, 1.54) is 0 Å². The second kappa shape index (κ2) is 5.84. The van der Waals surface area contributed by atoms with E-state index in [0.29, 0.717) is 16.5 Å². The molecule has 0 saturated carbocycles. The topological polar surface area (TPSA) is 54.0 Å². The Labute approximate surface area is 118 Å². The minimum absolute atomic E-state index is 0.358. The number of carbonyl (C=O) groups excluding carboxylic acids is 1. The lowest BCUT2D eigenvalue weighted by molar-refractivity contribution is 0.262. The van der Waals surface area contributed by atoms with Crippen LogP contribution < -0.4 is 10.6 Å². The molecule has 1 aromatic heterocycles. The maximum Gasteiger partial charge on any atom is 0.324 e. The van der Waals surface area contributed by atoms with Crippen molar-refractivity contribution in [1.82, 2.24) is 4.98 Å². The van der Waals surface area contributed by atoms with Gasteiger partial charge in [0.05, 0.1) is 0 Å². The summed E-state index contributed by atoms with van der Waals surface area (Å²) in [4.78, 5) is 15.7. The molecule has 0 fully saturated rings. The molecule has 2 rings (SSSR count). The van der Waals surface area contributed by atoms with Gasteiger partial charge in [-0.05, 0) is 36.4 Å². The normalized spacial score (nSPS) is 9.89. The third-order valence-corrected chi connectivity index (χ3v) is 2.81. The third-order valence-electron chi connectivity index (χ3n) is 2.07. The summed E-state index contributed by atoms with van der Waals surface area (Å²) in [6, 6.07) is 9.97. The van der Waals surface area contributed by atoms with Crippen LogP contribution in [0.25, 0.3) is 0 Å². The molecular weight excluding hydrogens is 318 g/mol. The second-order valence-corrected chi connectivity index (χ2v) is 4.80. The van der Waals surface area contributed by atoms with Gasteiger partial charge in [0.25, 0.3) is 0 Å². The number of amides is 2. The first kappa shape index (κ1) is 12.9. The van der Waals surface area contributed by atoms with Gasteiger partial charge in [0, 0.05) is 21.4 Å². The molecule has 2 aromatic rings. The fourth-order valence-corrected chi connectivity index (χ4v) is 1.75. The van der Waals surface area contributed by atoms with Crippen LogP contribution in [0.4, 0.5) is 16.3 Å². The first-order valence-electron chi connectivity index (χ1n) is 5.08. The van der Waals surface area contributed by atoms with Crippen LogP contribution in [-0.2, 0) is 0 Å². The van der Waals surface area contributed by atoms with Gasteiger partial charge < -0.3 is 5.32 Å². The van der Waals surface area contributed by atoms with Crippen molar-refractivity contribution in [1.29, 1.82) is 0 Å². The highest BCUT2D eigenvalue weighted by atomic mass is 79.9. The molecule has 6 heteroatoms. The van der Waals surface area contributed by atoms with Crippen molar-refractivity contribution in [2.24, 2.45) is 0 Å². The number of carbonyl (C=O) groups is 1. The number of benzene rings is 1. The van der Waals surface area contributed by atoms with E-state index in [1.807, 2.05) is 0 Å². The number of halogens is 2. The van der Waals surface area contributed by atoms with E-state index in [2.05, 4.69) is 31.5 Å². The number of urea groups is 1. The molecule has 0 aliphatic carbocycles. The number of rotatable bonds is 2. The van der Waals surface area contributed by atoms with Gasteiger partial charge in [-0.2, -0.15) is 0 Å². The zero-order chi connectivity index (χ0) is 13.0. The third kappa shape index (κ3) is 3.72. The maximum absolute atomic E-state index is 11.7. The lowest BCUT2D eigenvalue weighted by Gasteiger charge is -2.07. The molecule has 1 heterocycles. The lowest BCUT2D eigenvalue weighted by atomic mass is 10.3. The highest BCUT2D eigenvalue weighted by molar-refractivity contribution is 9.10. The van der Waals surface area contributed by atoms with Crippen LogP contribution in [0.2, 0.25) is 5.02 Å². The molecule has 1 aromatic carbocycles. The van der Waals surface area contributed by atoms with E-state index in [4.69, 9.17) is 11.6 Å². The van der Waals surface area contributed by atoms with Gasteiger partial charge in [0.15, 0.2) is 0 Å². The standard InChI is InChI=1S/C12H9BrClN3O/c13-8-5-6-15-11(7-8)17-12(18)16-10-3-1-9(14)2-4-10/h1-7H,(H2,15,16,17,18). The summed E-state index contributed by atoms with van der Waals surface area (Å²) in [7, 11) is 0. The van der Waals surface area contributed by atoms with E-state index < -0.39 is 0 Å². The number of hydrogen-bond donors (Lipinski definition) is 2. The summed E-state index contributed by atoms with van der Waals surface area (Å²) in [5.74, 6) is 0.468. The summed E-state index contributed by atoms with van der Waals surface area (Å²) in [5, 5.41) is 5.91. The van der Waals surface area contributed by atoms with Crippen LogP contribution in [0.15, 0.2) is 47.1 Å². The maximum atomic E-state index is 11.7. The largest absolute Gasteiger partial charge is 0.324 e. The quantitative estimate of drug-likeness (QED) is 0.871. The molecule has 0 spiro atoms. The van der Waals surface area contributed by atoms with Crippen LogP contribution >= 0.6 is 27.5 Å². The van der Waals surface area contributed by atoms with Crippen LogP contribution in [0.1, 0.15) is 0 Å². The van der Waals surface area contributed by atoms with Crippen molar-refractivity contribution in [3.05, 3.63) is 52.1 Å². The fourth-order valence-electron chi connectivity index (χ4n) is 1.29. The predicted molar refractivity (Wildman–Crippen MR) is 76.0 cm³/mol. The van der Waals surface area contributed by atoms with E-state index in [1.54, 1.807) is 42.6 Å². The van der Waals surface area contributed by atoms with Crippen molar-refractivity contribution in [3.63, 3.8) is 0 Å². The SMILES string of the molecule is O=C(Nc1ccc(Cl)cc1)Nc1cc(Br)ccn1. The van der Waals surface area contributed by atoms with Crippen LogP contribution in [0.5, 0.6) is 0 Å². The average Bonchev–Trinajstić information content (AvgIpc) is 2.32. The minimum atomic E-state index is -0.358. The molecular formula is C12H9BrClN3O. The van der Waals surface area contributed by atoms with Gasteiger partial charge in [-0.15, -0.1) is 0 Å². The molecule has 92 valence electrons. The Bertz CT molecular complexity index is 560. The van der Waals surface area contributed by atoms with E-state index in [-0.39, 0.29) is 6.03 Å². The van der Waals surface area contributed by atoms with Gasteiger partial charge in [-0.1, -0.05) is 27.5 Å². The molecule has 0 aliphatic rings. The van der Waals surface area contributed by atoms with E-state index in [0.717, 1.165) is 4.47 Å². The summed E-state index contributed by atoms with van der Waals surface area (Å²) in [6.07, 6.45) is 1.60. The molecule has 18 heavy (non-hydrogen) atoms. The predicted octanol–water partition coefficient (Wildman–Crippen LogP) is 4.14. The molecule has 4 nitrogen and oxygen atoms in total. The number of pyridine rings is 1. The van der Waals surface area contributed by atoms with Crippen molar-refractivity contribution in [2.45, 2.75) is 0 Å². The highest BCUT2D eigenvalue weighted by Crippen LogP contribution is 2.15. The monoisotopic (exact) mass is 325 g/mol. The number of nitrogens with zero attached hydrogens (tertiary/aromatic N) is 1. The molecule has 0 aliphatic heterocycles. The van der Waals surface area contributed by atoms with E-state index in [9.17, 15) is 4.79 Å². The van der Waals surface area contributed by atoms with Crippen LogP contribution in [0, 0.1) is 0 Å². The van der Waals surface area contributed by atoms with Crippen molar-refractivity contribution < 1.29 is 4.79 Å². The first-order valence-corrected chi connectivity index (χ1v) is 6.26. The van der Waals surface area contributed by atoms with Crippen LogP contribution in [0.3, 0.4) is 0 Å². The van der Waals surface area contributed by atoms with Crippen LogP contribution in [-0.4, -0.2) is 11.0 Å². The smallest absolute Gasteiger partial charge is 0.308 e. The Morgan fingerprint density at radius 1 is 1.17 bits per heavy atom. The van der Waals surface area contributed by atoms with Crippen molar-refractivity contribution in [2.75, 3.05) is 10.6 Å². The molecule has 0 atom stereocenters. The summed E-state index contributed by atoms with van der Waals surface area (Å²) in [6.45, 7) is 0. The zero-order valence-corrected chi connectivity index (χ0v) is 11.5. The molecule has 0 saturated heterocycles. The minimum Gasteiger partial charge on any atom is -0.308 e. The Hall–Kier alpha value is -1.59. The van der Waals surface area contributed by atoms with Crippen molar-refractivity contribution >= 4 is 45.1 Å². The second-order valence-electron chi connectivity index (χ2n) is 3.45. The number of hydrogen-bond acceptors (Lipinski definition) is 2. The number of aromatic nitrogens is 1. The summed E-state index contributed by atoms with van der Waals surface area (Å²) < 4.78 is 0.847. The van der Waals surface area contributed by atoms with Gasteiger partial charge in [0.1, 0.15) is 5.82 Å². The number of anilines is 2. The van der Waals surface area contributed by atoms with Crippen molar-refractivity contribution in [3.8, 4) is 0 Å². The molecule has 0 unspecified atom stereocenters. The molecule has 2 N–H and O–H groups in total. The van der Waals surface area contributed by atoms with Gasteiger partial charge >= 0.3 is 6.03 Å². The molecule has 2 amide bonds. The van der Waals surface area contributed by atoms with Gasteiger partial charge in [-0.3, -0.25) is 5.32 Å². The Balaban J connectivity index is 1.98. The Kier molecular flexibility index (Phi) is 4.17. The average molecular weight is 327 g/mol. The fraction of sp³-hybridized carbons (Fsp3) is 0. The lowest BCUT2D eigenvalue weighted by Crippen LogP contribution is -2.19.